The Hall–Kier alpha value is -3.65. The first-order valence-corrected chi connectivity index (χ1v) is 18.6. The fourth-order valence-electron chi connectivity index (χ4n) is 6.33. The van der Waals surface area contributed by atoms with E-state index in [9.17, 15) is 4.39 Å². The molecule has 6 aromatic rings. The van der Waals surface area contributed by atoms with Crippen LogP contribution in [0.2, 0.25) is 0 Å². The van der Waals surface area contributed by atoms with E-state index in [2.05, 4.69) is 125 Å². The molecule has 0 unspecified atom stereocenters. The maximum atomic E-state index is 14.8. The van der Waals surface area contributed by atoms with Crippen molar-refractivity contribution in [2.24, 2.45) is 0 Å². The molecule has 1 nitrogen and oxygen atoms in total. The normalized spacial score (nSPS) is 14.4. The van der Waals surface area contributed by atoms with Crippen molar-refractivity contribution < 1.29 is 4.39 Å². The van der Waals surface area contributed by atoms with Crippen LogP contribution < -0.4 is 15.9 Å². The summed E-state index contributed by atoms with van der Waals surface area (Å²) in [5.74, 6) is 0.179. The van der Waals surface area contributed by atoms with Gasteiger partial charge >= 0.3 is 250 Å². The fourth-order valence-corrected chi connectivity index (χ4v) is 14.0. The first-order chi connectivity index (χ1) is 20.1. The van der Waals surface area contributed by atoms with Crippen LogP contribution in [-0.2, 0) is 6.16 Å². The van der Waals surface area contributed by atoms with Gasteiger partial charge in [-0.1, -0.05) is 0 Å². The number of rotatable bonds is 7. The van der Waals surface area contributed by atoms with Gasteiger partial charge in [-0.05, 0) is 0 Å². The Morgan fingerprint density at radius 2 is 1.20 bits per heavy atom. The van der Waals surface area contributed by atoms with E-state index in [1.807, 2.05) is 18.2 Å². The zero-order valence-corrected chi connectivity index (χ0v) is 25.1. The van der Waals surface area contributed by atoms with Crippen LogP contribution in [0.15, 0.2) is 140 Å². The van der Waals surface area contributed by atoms with Crippen molar-refractivity contribution in [1.82, 2.24) is 4.98 Å². The molecule has 0 spiro atoms. The molecule has 0 aliphatic heterocycles. The van der Waals surface area contributed by atoms with Gasteiger partial charge in [0.25, 0.3) is 0 Å². The van der Waals surface area contributed by atoms with Crippen LogP contribution in [0.4, 0.5) is 4.39 Å². The van der Waals surface area contributed by atoms with Crippen LogP contribution in [0.25, 0.3) is 22.0 Å². The fraction of sp³-hybridized carbons (Fsp3) is 0.108. The third-order valence-electron chi connectivity index (χ3n) is 8.44. The van der Waals surface area contributed by atoms with Crippen molar-refractivity contribution in [2.75, 3.05) is 0 Å². The molecule has 41 heavy (non-hydrogen) atoms. The molecule has 0 saturated heterocycles. The topological polar surface area (TPSA) is 12.9 Å². The van der Waals surface area contributed by atoms with Gasteiger partial charge < -0.3 is 0 Å². The summed E-state index contributed by atoms with van der Waals surface area (Å²) in [6.07, 6.45) is 2.97. The Labute approximate surface area is 248 Å². The average Bonchev–Trinajstić information content (AvgIpc) is 3.88. The van der Waals surface area contributed by atoms with Crippen molar-refractivity contribution >= 4 is 47.6 Å². The summed E-state index contributed by atoms with van der Waals surface area (Å²) >= 11 is 4.67. The Morgan fingerprint density at radius 3 is 1.73 bits per heavy atom. The molecule has 0 radical (unpaired) electrons. The quantitative estimate of drug-likeness (QED) is 0.163. The van der Waals surface area contributed by atoms with Crippen LogP contribution in [0.1, 0.15) is 30.0 Å². The molecule has 1 heterocycles. The number of nitrogens with zero attached hydrogens (tertiary/aromatic N) is 1. The average molecular weight is 619 g/mol. The summed E-state index contributed by atoms with van der Waals surface area (Å²) in [7, 11) is 0. The Balaban J connectivity index is 1.64. The van der Waals surface area contributed by atoms with Gasteiger partial charge in [-0.15, -0.1) is 0 Å². The van der Waals surface area contributed by atoms with Crippen LogP contribution in [-0.4, -0.2) is 4.98 Å². The zero-order chi connectivity index (χ0) is 27.9. The summed E-state index contributed by atoms with van der Waals surface area (Å²) in [4.78, 5) is 5.35. The van der Waals surface area contributed by atoms with Gasteiger partial charge in [0.05, 0.1) is 0 Å². The van der Waals surface area contributed by atoms with Gasteiger partial charge in [0, 0.05) is 0 Å². The molecular formula is C37H30BrFNP. The van der Waals surface area contributed by atoms with Gasteiger partial charge in [0.15, 0.2) is 0 Å². The van der Waals surface area contributed by atoms with Gasteiger partial charge in [0.1, 0.15) is 0 Å². The van der Waals surface area contributed by atoms with Crippen LogP contribution in [0.5, 0.6) is 0 Å². The monoisotopic (exact) mass is 617 g/mol. The van der Waals surface area contributed by atoms with E-state index in [0.717, 1.165) is 46.7 Å². The molecule has 0 N–H and O–H groups in total. The molecule has 5 aromatic carbocycles. The number of hydrogen-bond donors (Lipinski definition) is 0. The van der Waals surface area contributed by atoms with Crippen molar-refractivity contribution in [3.8, 4) is 11.1 Å². The molecule has 1 aromatic heterocycles. The van der Waals surface area contributed by atoms with Crippen molar-refractivity contribution in [1.29, 1.82) is 0 Å². The SMILES string of the molecule is Fc1cccc(-c2c(CP(Br)(c3ccccc3)(c3ccccc3)c3ccccc3)c(C3CC3)nc3ccccc23)c1. The Kier molecular flexibility index (Phi) is 6.61. The predicted molar refractivity (Wildman–Crippen MR) is 177 cm³/mol. The van der Waals surface area contributed by atoms with Gasteiger partial charge in [-0.3, -0.25) is 0 Å². The minimum absolute atomic E-state index is 0.229. The number of para-hydroxylation sites is 1. The number of aromatic nitrogens is 1. The summed E-state index contributed by atoms with van der Waals surface area (Å²) < 4.78 is 14.8. The summed E-state index contributed by atoms with van der Waals surface area (Å²) in [6, 6.07) is 48.1. The molecule has 4 heteroatoms. The predicted octanol–water partition coefficient (Wildman–Crippen LogP) is 9.26. The first-order valence-electron chi connectivity index (χ1n) is 14.1. The molecule has 1 saturated carbocycles. The molecule has 1 aliphatic rings. The number of benzene rings is 5. The Bertz CT molecular complexity index is 1750. The van der Waals surface area contributed by atoms with Crippen LogP contribution in [0.3, 0.4) is 0 Å². The van der Waals surface area contributed by atoms with Gasteiger partial charge in [-0.2, -0.15) is 0 Å². The number of pyridine rings is 1. The molecule has 0 bridgehead atoms. The molecule has 1 fully saturated rings. The molecule has 7 rings (SSSR count). The zero-order valence-electron chi connectivity index (χ0n) is 22.6. The number of fused-ring (bicyclic) bond motifs is 1. The number of halogens is 2. The second-order valence-corrected chi connectivity index (χ2v) is 19.9. The molecule has 1 aliphatic carbocycles. The van der Waals surface area contributed by atoms with Gasteiger partial charge in [0.2, 0.25) is 0 Å². The third-order valence-corrected chi connectivity index (χ3v) is 17.9. The maximum absolute atomic E-state index is 14.8. The van der Waals surface area contributed by atoms with Crippen LogP contribution in [0, 0.1) is 5.82 Å². The van der Waals surface area contributed by atoms with Crippen molar-refractivity contribution in [3.05, 3.63) is 157 Å². The number of hydrogen-bond acceptors (Lipinski definition) is 1. The molecule has 202 valence electrons. The van der Waals surface area contributed by atoms with E-state index in [1.165, 1.54) is 27.5 Å². The Morgan fingerprint density at radius 1 is 0.659 bits per heavy atom. The summed E-state index contributed by atoms with van der Waals surface area (Å²) in [5.41, 5.74) is 5.31. The van der Waals surface area contributed by atoms with Crippen molar-refractivity contribution in [2.45, 2.75) is 24.9 Å². The molecule has 0 amide bonds. The second kappa shape index (κ2) is 10.3. The van der Waals surface area contributed by atoms with Crippen LogP contribution >= 0.6 is 20.8 Å². The van der Waals surface area contributed by atoms with E-state index in [1.54, 1.807) is 6.07 Å². The first kappa shape index (κ1) is 26.3. The summed E-state index contributed by atoms with van der Waals surface area (Å²) in [6.45, 7) is 0. The van der Waals surface area contributed by atoms with Crippen molar-refractivity contribution in [3.63, 3.8) is 0 Å². The van der Waals surface area contributed by atoms with Gasteiger partial charge in [-0.25, -0.2) is 0 Å². The van der Waals surface area contributed by atoms with E-state index in [4.69, 9.17) is 4.98 Å². The molecule has 0 atom stereocenters. The van der Waals surface area contributed by atoms with E-state index < -0.39 is 5.31 Å². The molecular weight excluding hydrogens is 588 g/mol. The summed E-state index contributed by atoms with van der Waals surface area (Å²) in [5, 5.41) is 1.51. The second-order valence-electron chi connectivity index (χ2n) is 11.0. The standard InChI is InChI=1S/C37H30BrFNP/c38-41(30-15-4-1-5-16-30,31-17-6-2-7-18-31,32-19-8-3-9-20-32)26-34-36(28-13-12-14-29(39)25-28)33-21-10-11-22-35(33)40-37(34)27-23-24-27/h1-22,25,27H,23-24,26H2. The van der Waals surface area contributed by atoms with E-state index in [-0.39, 0.29) is 5.82 Å². The van der Waals surface area contributed by atoms with E-state index >= 15 is 0 Å². The third kappa shape index (κ3) is 4.43. The van der Waals surface area contributed by atoms with E-state index in [0.29, 0.717) is 5.92 Å². The minimum atomic E-state index is -3.33.